The molecule has 0 heterocycles. The Hall–Kier alpha value is -0.820. The van der Waals surface area contributed by atoms with Gasteiger partial charge in [-0.3, -0.25) is 0 Å². The van der Waals surface area contributed by atoms with Gasteiger partial charge in [-0.2, -0.15) is 0 Å². The Morgan fingerprint density at radius 2 is 1.75 bits per heavy atom. The molecule has 1 nitrogen and oxygen atoms in total. The summed E-state index contributed by atoms with van der Waals surface area (Å²) in [5.41, 5.74) is 3.09. The van der Waals surface area contributed by atoms with Gasteiger partial charge < -0.3 is 5.32 Å². The zero-order valence-electron chi connectivity index (χ0n) is 12.9. The van der Waals surface area contributed by atoms with E-state index in [0.29, 0.717) is 0 Å². The van der Waals surface area contributed by atoms with Crippen molar-refractivity contribution in [2.45, 2.75) is 70.3 Å². The molecule has 2 aliphatic rings. The summed E-state index contributed by atoms with van der Waals surface area (Å²) in [7, 11) is 0. The van der Waals surface area contributed by atoms with Gasteiger partial charge in [0.25, 0.3) is 0 Å². The second-order valence-electron chi connectivity index (χ2n) is 6.83. The third-order valence-corrected chi connectivity index (χ3v) is 5.10. The molecular formula is C19H29N. The van der Waals surface area contributed by atoms with Crippen LogP contribution in [-0.4, -0.2) is 12.6 Å². The van der Waals surface area contributed by atoms with Crippen LogP contribution >= 0.6 is 0 Å². The van der Waals surface area contributed by atoms with E-state index >= 15 is 0 Å². The highest BCUT2D eigenvalue weighted by Crippen LogP contribution is 2.38. The Labute approximate surface area is 124 Å². The largest absolute Gasteiger partial charge is 0.314 e. The topological polar surface area (TPSA) is 12.0 Å². The Morgan fingerprint density at radius 3 is 2.45 bits per heavy atom. The summed E-state index contributed by atoms with van der Waals surface area (Å²) in [6.07, 6.45) is 10.9. The molecule has 1 heteroatoms. The molecule has 2 unspecified atom stereocenters. The van der Waals surface area contributed by atoms with E-state index in [2.05, 4.69) is 36.5 Å². The predicted octanol–water partition coefficient (Wildman–Crippen LogP) is 4.66. The van der Waals surface area contributed by atoms with E-state index in [-0.39, 0.29) is 0 Å². The van der Waals surface area contributed by atoms with Crippen LogP contribution in [0.25, 0.3) is 0 Å². The minimum Gasteiger partial charge on any atom is -0.314 e. The lowest BCUT2D eigenvalue weighted by atomic mass is 9.75. The van der Waals surface area contributed by atoms with Gasteiger partial charge in [-0.05, 0) is 61.6 Å². The summed E-state index contributed by atoms with van der Waals surface area (Å²) in [6, 6.07) is 10.4. The van der Waals surface area contributed by atoms with Crippen molar-refractivity contribution in [3.8, 4) is 0 Å². The molecule has 0 saturated heterocycles. The van der Waals surface area contributed by atoms with Crippen LogP contribution in [-0.2, 0) is 6.42 Å². The molecule has 1 aromatic rings. The fourth-order valence-corrected chi connectivity index (χ4v) is 3.72. The van der Waals surface area contributed by atoms with Crippen molar-refractivity contribution in [3.05, 3.63) is 35.4 Å². The van der Waals surface area contributed by atoms with Crippen LogP contribution < -0.4 is 5.32 Å². The molecule has 2 aliphatic carbocycles. The van der Waals surface area contributed by atoms with Crippen molar-refractivity contribution in [2.24, 2.45) is 5.92 Å². The van der Waals surface area contributed by atoms with E-state index in [9.17, 15) is 0 Å². The first-order valence-corrected chi connectivity index (χ1v) is 8.69. The molecule has 1 aromatic carbocycles. The highest BCUT2D eigenvalue weighted by atomic mass is 14.9. The number of hydrogen-bond acceptors (Lipinski definition) is 1. The lowest BCUT2D eigenvalue weighted by Crippen LogP contribution is -2.30. The zero-order valence-corrected chi connectivity index (χ0v) is 12.9. The smallest absolute Gasteiger partial charge is 0.00683 e. The van der Waals surface area contributed by atoms with Gasteiger partial charge in [0.2, 0.25) is 0 Å². The van der Waals surface area contributed by atoms with Crippen LogP contribution in [0, 0.1) is 5.92 Å². The van der Waals surface area contributed by atoms with E-state index < -0.39 is 0 Å². The first kappa shape index (κ1) is 14.1. The lowest BCUT2D eigenvalue weighted by Gasteiger charge is -2.32. The summed E-state index contributed by atoms with van der Waals surface area (Å²) in [5.74, 6) is 1.66. The average molecular weight is 271 g/mol. The van der Waals surface area contributed by atoms with Crippen molar-refractivity contribution in [1.82, 2.24) is 5.32 Å². The Bertz CT molecular complexity index is 404. The van der Waals surface area contributed by atoms with E-state index in [1.54, 1.807) is 5.56 Å². The number of nitrogens with one attached hydrogen (secondary N) is 1. The van der Waals surface area contributed by atoms with Gasteiger partial charge in [-0.25, -0.2) is 0 Å². The molecule has 1 N–H and O–H groups in total. The lowest BCUT2D eigenvalue weighted by molar-refractivity contribution is 0.295. The van der Waals surface area contributed by atoms with Crippen LogP contribution in [0.2, 0.25) is 0 Å². The fourth-order valence-electron chi connectivity index (χ4n) is 3.72. The van der Waals surface area contributed by atoms with Crippen molar-refractivity contribution in [3.63, 3.8) is 0 Å². The molecule has 0 aliphatic heterocycles. The third kappa shape index (κ3) is 3.63. The van der Waals surface area contributed by atoms with Crippen LogP contribution in [0.15, 0.2) is 24.3 Å². The Morgan fingerprint density at radius 1 is 1.00 bits per heavy atom. The summed E-state index contributed by atoms with van der Waals surface area (Å²) in [6.45, 7) is 3.50. The predicted molar refractivity (Wildman–Crippen MR) is 86.2 cm³/mol. The van der Waals surface area contributed by atoms with Crippen molar-refractivity contribution in [1.29, 1.82) is 0 Å². The molecular weight excluding hydrogens is 242 g/mol. The van der Waals surface area contributed by atoms with E-state index in [4.69, 9.17) is 0 Å². The Kier molecular flexibility index (Phi) is 4.77. The van der Waals surface area contributed by atoms with E-state index in [1.807, 2.05) is 0 Å². The highest BCUT2D eigenvalue weighted by Gasteiger charge is 2.28. The first-order valence-electron chi connectivity index (χ1n) is 8.69. The summed E-state index contributed by atoms with van der Waals surface area (Å²) < 4.78 is 0. The fraction of sp³-hybridized carbons (Fsp3) is 0.684. The molecule has 0 amide bonds. The van der Waals surface area contributed by atoms with Gasteiger partial charge in [0.15, 0.2) is 0 Å². The van der Waals surface area contributed by atoms with Crippen LogP contribution in [0.1, 0.15) is 68.9 Å². The molecule has 0 spiro atoms. The van der Waals surface area contributed by atoms with Gasteiger partial charge in [0, 0.05) is 6.04 Å². The van der Waals surface area contributed by atoms with Crippen molar-refractivity contribution in [2.75, 3.05) is 6.54 Å². The van der Waals surface area contributed by atoms with E-state index in [1.165, 1.54) is 63.5 Å². The third-order valence-electron chi connectivity index (χ3n) is 5.10. The number of aryl methyl sites for hydroxylation is 1. The minimum absolute atomic E-state index is 0.797. The van der Waals surface area contributed by atoms with Crippen LogP contribution in [0.4, 0.5) is 0 Å². The van der Waals surface area contributed by atoms with Gasteiger partial charge in [-0.1, -0.05) is 50.5 Å². The zero-order chi connectivity index (χ0) is 13.8. The SMILES string of the molecule is CCCc1ccc(C2CCCCC2CNC2CC2)cc1. The first-order chi connectivity index (χ1) is 9.86. The molecule has 2 fully saturated rings. The molecule has 20 heavy (non-hydrogen) atoms. The second kappa shape index (κ2) is 6.76. The van der Waals surface area contributed by atoms with Crippen molar-refractivity contribution >= 4 is 0 Å². The molecule has 2 saturated carbocycles. The monoisotopic (exact) mass is 271 g/mol. The molecule has 0 aromatic heterocycles. The van der Waals surface area contributed by atoms with Gasteiger partial charge >= 0.3 is 0 Å². The van der Waals surface area contributed by atoms with E-state index in [0.717, 1.165) is 17.9 Å². The van der Waals surface area contributed by atoms with Gasteiger partial charge in [0.05, 0.1) is 0 Å². The maximum atomic E-state index is 3.76. The van der Waals surface area contributed by atoms with Crippen molar-refractivity contribution < 1.29 is 0 Å². The van der Waals surface area contributed by atoms with Gasteiger partial charge in [0.1, 0.15) is 0 Å². The maximum Gasteiger partial charge on any atom is 0.00683 e. The number of hydrogen-bond donors (Lipinski definition) is 1. The molecule has 110 valence electrons. The minimum atomic E-state index is 0.797. The average Bonchev–Trinajstić information content (AvgIpc) is 3.31. The molecule has 2 atom stereocenters. The normalized spacial score (nSPS) is 26.6. The van der Waals surface area contributed by atoms with Crippen LogP contribution in [0.3, 0.4) is 0 Å². The molecule has 3 rings (SSSR count). The highest BCUT2D eigenvalue weighted by molar-refractivity contribution is 5.26. The second-order valence-corrected chi connectivity index (χ2v) is 6.83. The number of rotatable bonds is 6. The van der Waals surface area contributed by atoms with Gasteiger partial charge in [-0.15, -0.1) is 0 Å². The number of benzene rings is 1. The summed E-state index contributed by atoms with van der Waals surface area (Å²) in [4.78, 5) is 0. The molecule has 0 radical (unpaired) electrons. The van der Waals surface area contributed by atoms with Crippen LogP contribution in [0.5, 0.6) is 0 Å². The standard InChI is InChI=1S/C19H29N/c1-2-5-15-8-10-16(11-9-15)19-7-4-3-6-17(19)14-20-18-12-13-18/h8-11,17-20H,2-7,12-14H2,1H3. The Balaban J connectivity index is 1.64. The molecule has 0 bridgehead atoms. The quantitative estimate of drug-likeness (QED) is 0.793. The summed E-state index contributed by atoms with van der Waals surface area (Å²) >= 11 is 0. The maximum absolute atomic E-state index is 3.76. The summed E-state index contributed by atoms with van der Waals surface area (Å²) in [5, 5.41) is 3.76.